The minimum Gasteiger partial charge on any atom is -0.506 e. The largest absolute Gasteiger partial charge is 0.506 e. The number of halogens is 1. The zero-order chi connectivity index (χ0) is 8.27. The van der Waals surface area contributed by atoms with Gasteiger partial charge in [0.25, 0.3) is 0 Å². The van der Waals surface area contributed by atoms with E-state index < -0.39 is 0 Å². The fourth-order valence-electron chi connectivity index (χ4n) is 1.08. The van der Waals surface area contributed by atoms with Crippen molar-refractivity contribution in [2.24, 2.45) is 0 Å². The van der Waals surface area contributed by atoms with Crippen LogP contribution in [0.25, 0.3) is 0 Å². The number of phenolic OH excluding ortho intramolecular Hbond substituents is 1. The van der Waals surface area contributed by atoms with Crippen molar-refractivity contribution in [3.8, 4) is 5.75 Å². The van der Waals surface area contributed by atoms with Gasteiger partial charge in [0.2, 0.25) is 0 Å². The highest BCUT2D eigenvalue weighted by Gasteiger charge is 2.01. The van der Waals surface area contributed by atoms with Crippen LogP contribution in [-0.2, 0) is 6.42 Å². The summed E-state index contributed by atoms with van der Waals surface area (Å²) in [4.78, 5) is 0. The minimum absolute atomic E-state index is 0. The molecule has 0 spiro atoms. The summed E-state index contributed by atoms with van der Waals surface area (Å²) in [7, 11) is 0. The van der Waals surface area contributed by atoms with Gasteiger partial charge in [-0.2, -0.15) is 0 Å². The number of benzene rings is 1. The third-order valence-electron chi connectivity index (χ3n) is 1.67. The third kappa shape index (κ3) is 2.31. The average Bonchev–Trinajstić information content (AvgIpc) is 1.99. The molecule has 0 aliphatic rings. The van der Waals surface area contributed by atoms with Crippen molar-refractivity contribution >= 4 is 18.1 Å². The van der Waals surface area contributed by atoms with E-state index in [1.807, 2.05) is 12.1 Å². The highest BCUT2D eigenvalue weighted by molar-refractivity contribution is 5.85. The smallest absolute Gasteiger partial charge is 0.141 e. The van der Waals surface area contributed by atoms with Crippen LogP contribution in [0.5, 0.6) is 5.75 Å². The summed E-state index contributed by atoms with van der Waals surface area (Å²) >= 11 is 0. The standard InChI is InChI=1S/C9H13NO.ClH/c1-2-4-7-5-3-6-8(10)9(7)11;/h3,5-6,11H,2,4,10H2,1H3;1H. The first-order valence-electron chi connectivity index (χ1n) is 3.82. The molecule has 0 aliphatic carbocycles. The molecule has 0 heterocycles. The maximum atomic E-state index is 9.40. The van der Waals surface area contributed by atoms with E-state index in [-0.39, 0.29) is 18.2 Å². The van der Waals surface area contributed by atoms with E-state index in [1.54, 1.807) is 6.07 Å². The van der Waals surface area contributed by atoms with Gasteiger partial charge in [0, 0.05) is 0 Å². The fourth-order valence-corrected chi connectivity index (χ4v) is 1.08. The molecule has 1 aromatic carbocycles. The molecule has 3 N–H and O–H groups in total. The summed E-state index contributed by atoms with van der Waals surface area (Å²) in [5, 5.41) is 9.40. The number of hydrogen-bond acceptors (Lipinski definition) is 2. The van der Waals surface area contributed by atoms with Crippen molar-refractivity contribution in [1.29, 1.82) is 0 Å². The number of phenols is 1. The molecule has 0 saturated heterocycles. The summed E-state index contributed by atoms with van der Waals surface area (Å²) in [6.07, 6.45) is 1.91. The van der Waals surface area contributed by atoms with E-state index >= 15 is 0 Å². The van der Waals surface area contributed by atoms with Gasteiger partial charge in [-0.05, 0) is 18.1 Å². The highest BCUT2D eigenvalue weighted by atomic mass is 35.5. The molecule has 3 heteroatoms. The van der Waals surface area contributed by atoms with Crippen molar-refractivity contribution in [1.82, 2.24) is 0 Å². The van der Waals surface area contributed by atoms with Crippen LogP contribution in [0, 0.1) is 0 Å². The van der Waals surface area contributed by atoms with Crippen LogP contribution in [0.15, 0.2) is 18.2 Å². The average molecular weight is 188 g/mol. The second-order valence-corrected chi connectivity index (χ2v) is 2.60. The number of anilines is 1. The van der Waals surface area contributed by atoms with E-state index in [0.717, 1.165) is 18.4 Å². The molecule has 12 heavy (non-hydrogen) atoms. The van der Waals surface area contributed by atoms with Crippen LogP contribution in [0.2, 0.25) is 0 Å². The van der Waals surface area contributed by atoms with Crippen LogP contribution in [0.3, 0.4) is 0 Å². The molecule has 0 bridgehead atoms. The monoisotopic (exact) mass is 187 g/mol. The number of hydrogen-bond donors (Lipinski definition) is 2. The van der Waals surface area contributed by atoms with E-state index in [0.29, 0.717) is 5.69 Å². The Morgan fingerprint density at radius 3 is 2.67 bits per heavy atom. The molecule has 0 unspecified atom stereocenters. The first kappa shape index (κ1) is 11.1. The Kier molecular flexibility index (Phi) is 4.52. The number of para-hydroxylation sites is 1. The van der Waals surface area contributed by atoms with Crippen molar-refractivity contribution in [2.75, 3.05) is 5.73 Å². The summed E-state index contributed by atoms with van der Waals surface area (Å²) < 4.78 is 0. The molecule has 1 rings (SSSR count). The lowest BCUT2D eigenvalue weighted by Crippen LogP contribution is -1.90. The maximum Gasteiger partial charge on any atom is 0.141 e. The van der Waals surface area contributed by atoms with Gasteiger partial charge in [-0.3, -0.25) is 0 Å². The van der Waals surface area contributed by atoms with Gasteiger partial charge in [0.1, 0.15) is 5.75 Å². The Morgan fingerprint density at radius 2 is 2.08 bits per heavy atom. The summed E-state index contributed by atoms with van der Waals surface area (Å²) in [5.74, 6) is 0.245. The molecule has 0 atom stereocenters. The lowest BCUT2D eigenvalue weighted by atomic mass is 10.1. The first-order chi connectivity index (χ1) is 5.25. The van der Waals surface area contributed by atoms with Crippen LogP contribution < -0.4 is 5.73 Å². The Bertz CT molecular complexity index is 250. The van der Waals surface area contributed by atoms with E-state index in [9.17, 15) is 5.11 Å². The summed E-state index contributed by atoms with van der Waals surface area (Å²) in [5.41, 5.74) is 6.91. The van der Waals surface area contributed by atoms with Crippen molar-refractivity contribution < 1.29 is 5.11 Å². The van der Waals surface area contributed by atoms with Gasteiger partial charge in [-0.1, -0.05) is 25.5 Å². The molecular formula is C9H14ClNO. The molecule has 0 fully saturated rings. The molecule has 0 aliphatic heterocycles. The second-order valence-electron chi connectivity index (χ2n) is 2.60. The fraction of sp³-hybridized carbons (Fsp3) is 0.333. The second kappa shape index (κ2) is 4.88. The lowest BCUT2D eigenvalue weighted by Gasteiger charge is -2.04. The van der Waals surface area contributed by atoms with Crippen LogP contribution in [-0.4, -0.2) is 5.11 Å². The third-order valence-corrected chi connectivity index (χ3v) is 1.67. The van der Waals surface area contributed by atoms with Crippen molar-refractivity contribution in [3.63, 3.8) is 0 Å². The lowest BCUT2D eigenvalue weighted by molar-refractivity contribution is 0.470. The Balaban J connectivity index is 0.00000121. The van der Waals surface area contributed by atoms with Crippen LogP contribution >= 0.6 is 12.4 Å². The summed E-state index contributed by atoms with van der Waals surface area (Å²) in [6, 6.07) is 5.46. The zero-order valence-corrected chi connectivity index (χ0v) is 7.90. The van der Waals surface area contributed by atoms with E-state index in [2.05, 4.69) is 6.92 Å². The Labute approximate surface area is 78.8 Å². The number of aromatic hydroxyl groups is 1. The zero-order valence-electron chi connectivity index (χ0n) is 7.08. The molecule has 68 valence electrons. The normalized spacial score (nSPS) is 9.08. The number of nitrogen functional groups attached to an aromatic ring is 1. The maximum absolute atomic E-state index is 9.40. The van der Waals surface area contributed by atoms with Crippen molar-refractivity contribution in [3.05, 3.63) is 23.8 Å². The number of rotatable bonds is 2. The van der Waals surface area contributed by atoms with E-state index in [1.165, 1.54) is 0 Å². The molecule has 0 saturated carbocycles. The van der Waals surface area contributed by atoms with Gasteiger partial charge < -0.3 is 10.8 Å². The number of nitrogens with two attached hydrogens (primary N) is 1. The molecule has 0 aromatic heterocycles. The SMILES string of the molecule is CCCc1cccc(N)c1O.Cl. The molecule has 0 radical (unpaired) electrons. The first-order valence-corrected chi connectivity index (χ1v) is 3.82. The van der Waals surface area contributed by atoms with Crippen LogP contribution in [0.1, 0.15) is 18.9 Å². The molecule has 1 aromatic rings. The Morgan fingerprint density at radius 1 is 1.42 bits per heavy atom. The number of aryl methyl sites for hydroxylation is 1. The predicted octanol–water partition coefficient (Wildman–Crippen LogP) is 2.35. The quantitative estimate of drug-likeness (QED) is 0.552. The van der Waals surface area contributed by atoms with Crippen molar-refractivity contribution in [2.45, 2.75) is 19.8 Å². The minimum atomic E-state index is 0. The highest BCUT2D eigenvalue weighted by Crippen LogP contribution is 2.24. The molecule has 0 amide bonds. The van der Waals surface area contributed by atoms with Gasteiger partial charge in [-0.25, -0.2) is 0 Å². The van der Waals surface area contributed by atoms with Gasteiger partial charge in [0.15, 0.2) is 0 Å². The van der Waals surface area contributed by atoms with Crippen LogP contribution in [0.4, 0.5) is 5.69 Å². The predicted molar refractivity (Wildman–Crippen MR) is 53.8 cm³/mol. The molecule has 2 nitrogen and oxygen atoms in total. The Hall–Kier alpha value is -0.890. The van der Waals surface area contributed by atoms with Gasteiger partial charge in [-0.15, -0.1) is 12.4 Å². The van der Waals surface area contributed by atoms with E-state index in [4.69, 9.17) is 5.73 Å². The van der Waals surface area contributed by atoms with Gasteiger partial charge >= 0.3 is 0 Å². The summed E-state index contributed by atoms with van der Waals surface area (Å²) in [6.45, 7) is 2.07. The topological polar surface area (TPSA) is 46.2 Å². The molecular weight excluding hydrogens is 174 g/mol. The van der Waals surface area contributed by atoms with Gasteiger partial charge in [0.05, 0.1) is 5.69 Å².